The van der Waals surface area contributed by atoms with Crippen LogP contribution in [-0.4, -0.2) is 25.9 Å². The fourth-order valence-corrected chi connectivity index (χ4v) is 3.48. The maximum atomic E-state index is 4.56. The molecule has 0 aliphatic carbocycles. The van der Waals surface area contributed by atoms with Gasteiger partial charge in [0.25, 0.3) is 0 Å². The summed E-state index contributed by atoms with van der Waals surface area (Å²) < 4.78 is 7.23. The molecular formula is C13H20BrN5S. The predicted molar refractivity (Wildman–Crippen MR) is 85.1 cm³/mol. The lowest BCUT2D eigenvalue weighted by Crippen LogP contribution is -2.24. The standard InChI is InChI=1S/C13H20BrN5S/c1-5-15-10(13-9(4)16-18-20-13)7-11-12(14)8(3)17-19(11)6-2/h10,15H,5-7H2,1-4H3. The maximum absolute atomic E-state index is 4.56. The van der Waals surface area contributed by atoms with E-state index in [9.17, 15) is 0 Å². The zero-order valence-electron chi connectivity index (χ0n) is 12.3. The maximum Gasteiger partial charge on any atom is 0.0772 e. The second-order valence-electron chi connectivity index (χ2n) is 4.70. The monoisotopic (exact) mass is 357 g/mol. The summed E-state index contributed by atoms with van der Waals surface area (Å²) in [6.45, 7) is 10.1. The van der Waals surface area contributed by atoms with Gasteiger partial charge in [0.1, 0.15) is 0 Å². The highest BCUT2D eigenvalue weighted by Crippen LogP contribution is 2.28. The van der Waals surface area contributed by atoms with Gasteiger partial charge in [-0.05, 0) is 54.8 Å². The van der Waals surface area contributed by atoms with Crippen molar-refractivity contribution in [2.45, 2.75) is 46.7 Å². The first-order valence-electron chi connectivity index (χ1n) is 6.82. The summed E-state index contributed by atoms with van der Waals surface area (Å²) in [6.07, 6.45) is 0.883. The van der Waals surface area contributed by atoms with Gasteiger partial charge in [0.05, 0.1) is 32.5 Å². The van der Waals surface area contributed by atoms with Crippen molar-refractivity contribution in [1.82, 2.24) is 24.7 Å². The minimum atomic E-state index is 0.234. The molecule has 0 radical (unpaired) electrons. The molecule has 2 rings (SSSR count). The molecule has 0 spiro atoms. The topological polar surface area (TPSA) is 55.6 Å². The highest BCUT2D eigenvalue weighted by Gasteiger charge is 2.21. The Labute approximate surface area is 132 Å². The van der Waals surface area contributed by atoms with E-state index < -0.39 is 0 Å². The van der Waals surface area contributed by atoms with Crippen LogP contribution in [0.1, 0.15) is 41.8 Å². The first kappa shape index (κ1) is 15.6. The molecule has 7 heteroatoms. The number of aromatic nitrogens is 4. The summed E-state index contributed by atoms with van der Waals surface area (Å²) in [4.78, 5) is 1.21. The van der Waals surface area contributed by atoms with Gasteiger partial charge < -0.3 is 5.32 Å². The lowest BCUT2D eigenvalue weighted by Gasteiger charge is -2.17. The van der Waals surface area contributed by atoms with Gasteiger partial charge in [-0.2, -0.15) is 5.10 Å². The van der Waals surface area contributed by atoms with Crippen LogP contribution in [0.25, 0.3) is 0 Å². The number of likely N-dealkylation sites (N-methyl/N-ethyl adjacent to an activating group) is 1. The summed E-state index contributed by atoms with van der Waals surface area (Å²) in [5, 5.41) is 12.2. The van der Waals surface area contributed by atoms with Gasteiger partial charge >= 0.3 is 0 Å². The highest BCUT2D eigenvalue weighted by atomic mass is 79.9. The Bertz CT molecular complexity index is 577. The number of nitrogens with zero attached hydrogens (tertiary/aromatic N) is 4. The number of hydrogen-bond acceptors (Lipinski definition) is 5. The number of hydrogen-bond donors (Lipinski definition) is 1. The van der Waals surface area contributed by atoms with E-state index >= 15 is 0 Å². The molecular weight excluding hydrogens is 338 g/mol. The molecule has 2 aromatic rings. The minimum absolute atomic E-state index is 0.234. The van der Waals surface area contributed by atoms with E-state index in [0.717, 1.165) is 35.4 Å². The predicted octanol–water partition coefficient (Wildman–Crippen LogP) is 3.03. The molecule has 0 aliphatic rings. The van der Waals surface area contributed by atoms with Crippen LogP contribution in [-0.2, 0) is 13.0 Å². The van der Waals surface area contributed by atoms with Crippen molar-refractivity contribution < 1.29 is 0 Å². The van der Waals surface area contributed by atoms with Gasteiger partial charge in [-0.25, -0.2) is 0 Å². The Morgan fingerprint density at radius 2 is 2.05 bits per heavy atom. The fraction of sp³-hybridized carbons (Fsp3) is 0.615. The number of aryl methyl sites for hydroxylation is 3. The molecule has 0 aromatic carbocycles. The van der Waals surface area contributed by atoms with Crippen molar-refractivity contribution in [2.75, 3.05) is 6.54 Å². The lowest BCUT2D eigenvalue weighted by atomic mass is 10.1. The SMILES string of the molecule is CCNC(Cc1c(Br)c(C)nn1CC)c1snnc1C. The fourth-order valence-electron chi connectivity index (χ4n) is 2.32. The molecule has 0 aliphatic heterocycles. The van der Waals surface area contributed by atoms with E-state index in [1.807, 2.05) is 13.8 Å². The molecule has 5 nitrogen and oxygen atoms in total. The van der Waals surface area contributed by atoms with Gasteiger partial charge in [-0.3, -0.25) is 4.68 Å². The van der Waals surface area contributed by atoms with Crippen molar-refractivity contribution in [3.63, 3.8) is 0 Å². The molecule has 1 unspecified atom stereocenters. The third kappa shape index (κ3) is 3.10. The normalized spacial score (nSPS) is 12.8. The van der Waals surface area contributed by atoms with E-state index in [-0.39, 0.29) is 6.04 Å². The summed E-state index contributed by atoms with van der Waals surface area (Å²) >= 11 is 5.14. The quantitative estimate of drug-likeness (QED) is 0.863. The van der Waals surface area contributed by atoms with Crippen molar-refractivity contribution >= 4 is 27.5 Å². The Morgan fingerprint density at radius 1 is 1.30 bits per heavy atom. The molecule has 2 aromatic heterocycles. The number of halogens is 1. The Hall–Kier alpha value is -0.790. The van der Waals surface area contributed by atoms with E-state index in [4.69, 9.17) is 0 Å². The molecule has 0 fully saturated rings. The Kier molecular flexibility index (Phi) is 5.29. The van der Waals surface area contributed by atoms with Gasteiger partial charge in [0.15, 0.2) is 0 Å². The molecule has 110 valence electrons. The van der Waals surface area contributed by atoms with Crippen LogP contribution in [0.5, 0.6) is 0 Å². The average Bonchev–Trinajstić information content (AvgIpc) is 2.96. The van der Waals surface area contributed by atoms with Crippen LogP contribution in [0.4, 0.5) is 0 Å². The van der Waals surface area contributed by atoms with Crippen LogP contribution in [0.3, 0.4) is 0 Å². The summed E-state index contributed by atoms with van der Waals surface area (Å²) in [7, 11) is 0. The number of rotatable bonds is 6. The Balaban J connectivity index is 2.31. The summed E-state index contributed by atoms with van der Waals surface area (Å²) in [5.74, 6) is 0. The van der Waals surface area contributed by atoms with E-state index in [0.29, 0.717) is 0 Å². The zero-order chi connectivity index (χ0) is 14.7. The molecule has 1 atom stereocenters. The van der Waals surface area contributed by atoms with E-state index in [2.05, 4.69) is 54.5 Å². The third-order valence-corrected chi connectivity index (χ3v) is 5.28. The smallest absolute Gasteiger partial charge is 0.0772 e. The second kappa shape index (κ2) is 6.78. The van der Waals surface area contributed by atoms with Crippen molar-refractivity contribution in [2.24, 2.45) is 0 Å². The summed E-state index contributed by atoms with van der Waals surface area (Å²) in [5.41, 5.74) is 3.27. The van der Waals surface area contributed by atoms with Crippen molar-refractivity contribution in [3.05, 3.63) is 26.4 Å². The van der Waals surface area contributed by atoms with Crippen LogP contribution >= 0.6 is 27.5 Å². The summed E-state index contributed by atoms with van der Waals surface area (Å²) in [6, 6.07) is 0.234. The van der Waals surface area contributed by atoms with Crippen molar-refractivity contribution in [3.8, 4) is 0 Å². The van der Waals surface area contributed by atoms with Crippen LogP contribution < -0.4 is 5.32 Å². The van der Waals surface area contributed by atoms with Gasteiger partial charge in [0, 0.05) is 13.0 Å². The first-order chi connectivity index (χ1) is 9.58. The molecule has 0 amide bonds. The second-order valence-corrected chi connectivity index (χ2v) is 6.28. The Morgan fingerprint density at radius 3 is 2.60 bits per heavy atom. The van der Waals surface area contributed by atoms with Crippen LogP contribution in [0.2, 0.25) is 0 Å². The van der Waals surface area contributed by atoms with E-state index in [1.54, 1.807) is 0 Å². The minimum Gasteiger partial charge on any atom is -0.309 e. The van der Waals surface area contributed by atoms with Gasteiger partial charge in [-0.15, -0.1) is 5.10 Å². The van der Waals surface area contributed by atoms with Gasteiger partial charge in [-0.1, -0.05) is 11.4 Å². The third-order valence-electron chi connectivity index (χ3n) is 3.30. The first-order valence-corrected chi connectivity index (χ1v) is 8.39. The van der Waals surface area contributed by atoms with Crippen molar-refractivity contribution in [1.29, 1.82) is 0 Å². The molecule has 0 saturated carbocycles. The molecule has 0 saturated heterocycles. The average molecular weight is 358 g/mol. The molecule has 1 N–H and O–H groups in total. The van der Waals surface area contributed by atoms with Gasteiger partial charge in [0.2, 0.25) is 0 Å². The molecule has 2 heterocycles. The van der Waals surface area contributed by atoms with E-state index in [1.165, 1.54) is 22.1 Å². The number of nitrogens with one attached hydrogen (secondary N) is 1. The largest absolute Gasteiger partial charge is 0.309 e. The zero-order valence-corrected chi connectivity index (χ0v) is 14.7. The highest BCUT2D eigenvalue weighted by molar-refractivity contribution is 9.10. The van der Waals surface area contributed by atoms with Crippen LogP contribution in [0.15, 0.2) is 4.47 Å². The van der Waals surface area contributed by atoms with Crippen LogP contribution in [0, 0.1) is 13.8 Å². The molecule has 0 bridgehead atoms. The molecule has 20 heavy (non-hydrogen) atoms. The lowest BCUT2D eigenvalue weighted by molar-refractivity contribution is 0.519.